The first kappa shape index (κ1) is 11.4. The summed E-state index contributed by atoms with van der Waals surface area (Å²) in [7, 11) is 0. The van der Waals surface area contributed by atoms with Crippen molar-refractivity contribution in [2.24, 2.45) is 5.73 Å². The van der Waals surface area contributed by atoms with E-state index in [2.05, 4.69) is 6.07 Å². The standard InChI is InChI=1S/C15H13NOS/c16-14(17)15(18-12-7-2-1-3-8-12)10-11-6-4-5-9-13(11)15/h1-9H,10H2,(H2,16,17). The van der Waals surface area contributed by atoms with Gasteiger partial charge in [-0.2, -0.15) is 0 Å². The summed E-state index contributed by atoms with van der Waals surface area (Å²) < 4.78 is -0.585. The first-order valence-electron chi connectivity index (χ1n) is 5.85. The van der Waals surface area contributed by atoms with Gasteiger partial charge in [-0.15, -0.1) is 11.8 Å². The molecular weight excluding hydrogens is 242 g/mol. The lowest BCUT2D eigenvalue weighted by Crippen LogP contribution is -2.47. The maximum Gasteiger partial charge on any atom is 0.238 e. The quantitative estimate of drug-likeness (QED) is 0.916. The van der Waals surface area contributed by atoms with Gasteiger partial charge in [-0.25, -0.2) is 0 Å². The van der Waals surface area contributed by atoms with Crippen molar-refractivity contribution in [3.8, 4) is 0 Å². The monoisotopic (exact) mass is 255 g/mol. The first-order valence-corrected chi connectivity index (χ1v) is 6.66. The van der Waals surface area contributed by atoms with E-state index in [4.69, 9.17) is 5.73 Å². The molecule has 0 heterocycles. The van der Waals surface area contributed by atoms with Gasteiger partial charge in [-0.1, -0.05) is 42.5 Å². The van der Waals surface area contributed by atoms with Crippen molar-refractivity contribution in [1.82, 2.24) is 0 Å². The molecule has 0 saturated heterocycles. The summed E-state index contributed by atoms with van der Waals surface area (Å²) in [5.41, 5.74) is 7.92. The third kappa shape index (κ3) is 1.63. The minimum atomic E-state index is -0.585. The van der Waals surface area contributed by atoms with Gasteiger partial charge in [0.2, 0.25) is 5.91 Å². The predicted molar refractivity (Wildman–Crippen MR) is 73.3 cm³/mol. The molecule has 1 atom stereocenters. The zero-order valence-corrected chi connectivity index (χ0v) is 10.6. The summed E-state index contributed by atoms with van der Waals surface area (Å²) in [6, 6.07) is 17.9. The highest BCUT2D eigenvalue weighted by atomic mass is 32.2. The van der Waals surface area contributed by atoms with Crippen LogP contribution in [0.3, 0.4) is 0 Å². The number of benzene rings is 2. The van der Waals surface area contributed by atoms with E-state index in [-0.39, 0.29) is 5.91 Å². The van der Waals surface area contributed by atoms with Gasteiger partial charge in [0, 0.05) is 11.3 Å². The minimum absolute atomic E-state index is 0.255. The smallest absolute Gasteiger partial charge is 0.238 e. The summed E-state index contributed by atoms with van der Waals surface area (Å²) in [5, 5.41) is 0. The fraction of sp³-hybridized carbons (Fsp3) is 0.133. The van der Waals surface area contributed by atoms with Crippen LogP contribution in [-0.4, -0.2) is 5.91 Å². The molecule has 18 heavy (non-hydrogen) atoms. The van der Waals surface area contributed by atoms with Crippen LogP contribution in [-0.2, 0) is 16.0 Å². The second-order valence-corrected chi connectivity index (χ2v) is 5.81. The van der Waals surface area contributed by atoms with Gasteiger partial charge in [-0.3, -0.25) is 4.79 Å². The van der Waals surface area contributed by atoms with E-state index in [1.807, 2.05) is 48.5 Å². The zero-order valence-electron chi connectivity index (χ0n) is 9.80. The number of carbonyl (C=O) groups excluding carboxylic acids is 1. The number of amides is 1. The molecule has 0 aliphatic heterocycles. The van der Waals surface area contributed by atoms with Gasteiger partial charge in [0.25, 0.3) is 0 Å². The topological polar surface area (TPSA) is 43.1 Å². The van der Waals surface area contributed by atoms with Gasteiger partial charge in [0.15, 0.2) is 0 Å². The molecule has 2 aromatic rings. The molecule has 0 fully saturated rings. The van der Waals surface area contributed by atoms with Crippen molar-refractivity contribution >= 4 is 17.7 Å². The van der Waals surface area contributed by atoms with E-state index < -0.39 is 4.75 Å². The lowest BCUT2D eigenvalue weighted by Gasteiger charge is -2.40. The van der Waals surface area contributed by atoms with Crippen LogP contribution < -0.4 is 5.73 Å². The fourth-order valence-corrected chi connectivity index (χ4v) is 3.71. The van der Waals surface area contributed by atoms with Crippen molar-refractivity contribution in [2.45, 2.75) is 16.1 Å². The third-order valence-electron chi connectivity index (χ3n) is 3.33. The Morgan fingerprint density at radius 1 is 1.06 bits per heavy atom. The third-order valence-corrected chi connectivity index (χ3v) is 4.75. The molecule has 3 heteroatoms. The van der Waals surface area contributed by atoms with Crippen LogP contribution >= 0.6 is 11.8 Å². The average Bonchev–Trinajstić information content (AvgIpc) is 2.36. The Morgan fingerprint density at radius 3 is 2.39 bits per heavy atom. The number of carbonyl (C=O) groups is 1. The lowest BCUT2D eigenvalue weighted by atomic mass is 9.76. The number of rotatable bonds is 3. The molecule has 2 N–H and O–H groups in total. The number of hydrogen-bond donors (Lipinski definition) is 1. The summed E-state index contributed by atoms with van der Waals surface area (Å²) in [6.45, 7) is 0. The Kier molecular flexibility index (Phi) is 2.63. The summed E-state index contributed by atoms with van der Waals surface area (Å²) in [5.74, 6) is -0.255. The Hall–Kier alpha value is -1.74. The van der Waals surface area contributed by atoms with Gasteiger partial charge in [0.1, 0.15) is 4.75 Å². The molecule has 1 amide bonds. The largest absolute Gasteiger partial charge is 0.368 e. The molecule has 2 nitrogen and oxygen atoms in total. The molecule has 0 radical (unpaired) electrons. The number of hydrogen-bond acceptors (Lipinski definition) is 2. The second-order valence-electron chi connectivity index (χ2n) is 4.44. The first-order chi connectivity index (χ1) is 8.72. The summed E-state index contributed by atoms with van der Waals surface area (Å²) in [6.07, 6.45) is 0.720. The summed E-state index contributed by atoms with van der Waals surface area (Å²) >= 11 is 1.55. The number of thioether (sulfide) groups is 1. The van der Waals surface area contributed by atoms with Crippen molar-refractivity contribution in [3.63, 3.8) is 0 Å². The molecule has 90 valence electrons. The molecule has 0 saturated carbocycles. The maximum atomic E-state index is 11.9. The van der Waals surface area contributed by atoms with Crippen molar-refractivity contribution in [2.75, 3.05) is 0 Å². The van der Waals surface area contributed by atoms with E-state index in [0.29, 0.717) is 0 Å². The van der Waals surface area contributed by atoms with Crippen LogP contribution in [0.25, 0.3) is 0 Å². The molecule has 0 bridgehead atoms. The van der Waals surface area contributed by atoms with Gasteiger partial charge < -0.3 is 5.73 Å². The number of fused-ring (bicyclic) bond motifs is 1. The van der Waals surface area contributed by atoms with Gasteiger partial charge >= 0.3 is 0 Å². The molecule has 2 aromatic carbocycles. The average molecular weight is 255 g/mol. The maximum absolute atomic E-state index is 11.9. The van der Waals surface area contributed by atoms with Crippen molar-refractivity contribution < 1.29 is 4.79 Å². The van der Waals surface area contributed by atoms with Crippen molar-refractivity contribution in [3.05, 3.63) is 65.7 Å². The Bertz CT molecular complexity index is 596. The van der Waals surface area contributed by atoms with Crippen LogP contribution in [0.15, 0.2) is 59.5 Å². The predicted octanol–water partition coefficient (Wildman–Crippen LogP) is 2.72. The lowest BCUT2D eigenvalue weighted by molar-refractivity contribution is -0.121. The van der Waals surface area contributed by atoms with Crippen LogP contribution in [0, 0.1) is 0 Å². The highest BCUT2D eigenvalue weighted by Gasteiger charge is 2.48. The minimum Gasteiger partial charge on any atom is -0.368 e. The molecule has 1 aliphatic carbocycles. The Balaban J connectivity index is 1.99. The molecular formula is C15H13NOS. The van der Waals surface area contributed by atoms with E-state index in [1.54, 1.807) is 11.8 Å². The number of primary amides is 1. The summed E-state index contributed by atoms with van der Waals surface area (Å²) in [4.78, 5) is 12.9. The zero-order chi connectivity index (χ0) is 12.6. The highest BCUT2D eigenvalue weighted by Crippen LogP contribution is 2.51. The Labute approximate surface area is 110 Å². The fourth-order valence-electron chi connectivity index (χ4n) is 2.38. The van der Waals surface area contributed by atoms with Crippen LogP contribution in [0.5, 0.6) is 0 Å². The van der Waals surface area contributed by atoms with E-state index in [0.717, 1.165) is 16.9 Å². The molecule has 3 rings (SSSR count). The van der Waals surface area contributed by atoms with E-state index in [1.165, 1.54) is 5.56 Å². The number of nitrogens with two attached hydrogens (primary N) is 1. The van der Waals surface area contributed by atoms with Crippen molar-refractivity contribution in [1.29, 1.82) is 0 Å². The van der Waals surface area contributed by atoms with E-state index >= 15 is 0 Å². The van der Waals surface area contributed by atoms with Crippen LogP contribution in [0.1, 0.15) is 11.1 Å². The van der Waals surface area contributed by atoms with Crippen LogP contribution in [0.4, 0.5) is 0 Å². The highest BCUT2D eigenvalue weighted by molar-refractivity contribution is 8.01. The molecule has 0 spiro atoms. The molecule has 1 aliphatic rings. The van der Waals surface area contributed by atoms with E-state index in [9.17, 15) is 4.79 Å². The molecule has 1 unspecified atom stereocenters. The van der Waals surface area contributed by atoms with Crippen LogP contribution in [0.2, 0.25) is 0 Å². The second kappa shape index (κ2) is 4.18. The Morgan fingerprint density at radius 2 is 1.72 bits per heavy atom. The molecule has 0 aromatic heterocycles. The van der Waals surface area contributed by atoms with Gasteiger partial charge in [-0.05, 0) is 23.3 Å². The SMILES string of the molecule is NC(=O)C1(Sc2ccccc2)Cc2ccccc21. The van der Waals surface area contributed by atoms with Gasteiger partial charge in [0.05, 0.1) is 0 Å². The normalized spacial score (nSPS) is 20.9.